The molecule has 0 saturated heterocycles. The van der Waals surface area contributed by atoms with E-state index in [1.54, 1.807) is 13.0 Å². The quantitative estimate of drug-likeness (QED) is 0.728. The van der Waals surface area contributed by atoms with Gasteiger partial charge in [-0.05, 0) is 44.7 Å². The summed E-state index contributed by atoms with van der Waals surface area (Å²) in [6, 6.07) is 3.05. The van der Waals surface area contributed by atoms with Crippen LogP contribution < -0.4 is 9.47 Å². The highest BCUT2D eigenvalue weighted by atomic mass is 19.1. The van der Waals surface area contributed by atoms with Crippen molar-refractivity contribution in [3.63, 3.8) is 0 Å². The Hall–Kier alpha value is -1.58. The number of halogens is 1. The van der Waals surface area contributed by atoms with Crippen LogP contribution in [0.2, 0.25) is 0 Å². The van der Waals surface area contributed by atoms with Crippen molar-refractivity contribution in [1.82, 2.24) is 0 Å². The zero-order valence-electron chi connectivity index (χ0n) is 12.7. The van der Waals surface area contributed by atoms with E-state index in [1.165, 1.54) is 6.07 Å². The maximum Gasteiger partial charge on any atom is 0.164 e. The monoisotopic (exact) mass is 282 g/mol. The molecule has 0 spiro atoms. The lowest BCUT2D eigenvalue weighted by atomic mass is 9.96. The third-order valence-corrected chi connectivity index (χ3v) is 2.92. The average Bonchev–Trinajstić information content (AvgIpc) is 2.34. The molecule has 0 radical (unpaired) electrons. The second kappa shape index (κ2) is 7.88. The van der Waals surface area contributed by atoms with Crippen LogP contribution in [0.4, 0.5) is 4.39 Å². The zero-order valence-corrected chi connectivity index (χ0v) is 12.7. The number of carbonyl (C=O) groups is 1. The Morgan fingerprint density at radius 1 is 1.20 bits per heavy atom. The fourth-order valence-corrected chi connectivity index (χ4v) is 2.21. The van der Waals surface area contributed by atoms with Crippen LogP contribution in [0, 0.1) is 11.7 Å². The molecular formula is C16H23FO3. The number of hydrogen-bond acceptors (Lipinski definition) is 3. The van der Waals surface area contributed by atoms with Gasteiger partial charge in [0.25, 0.3) is 0 Å². The summed E-state index contributed by atoms with van der Waals surface area (Å²) in [5, 5.41) is 0. The molecular weight excluding hydrogens is 259 g/mol. The summed E-state index contributed by atoms with van der Waals surface area (Å²) in [6.45, 7) is 8.16. The van der Waals surface area contributed by atoms with Gasteiger partial charge in [-0.3, -0.25) is 0 Å². The van der Waals surface area contributed by atoms with Crippen LogP contribution in [0.15, 0.2) is 12.1 Å². The minimum atomic E-state index is -0.313. The molecule has 0 saturated carbocycles. The molecule has 1 atom stereocenters. The molecule has 20 heavy (non-hydrogen) atoms. The molecule has 0 aliphatic heterocycles. The van der Waals surface area contributed by atoms with Gasteiger partial charge in [-0.25, -0.2) is 4.39 Å². The Balaban J connectivity index is 2.95. The Bertz CT molecular complexity index is 457. The SMILES string of the molecule is CCOc1cc(F)c(CC(C)CC(C)=O)cc1OCC. The molecule has 1 aromatic rings. The van der Waals surface area contributed by atoms with Crippen LogP contribution in [-0.4, -0.2) is 19.0 Å². The Morgan fingerprint density at radius 3 is 2.25 bits per heavy atom. The fraction of sp³-hybridized carbons (Fsp3) is 0.562. The van der Waals surface area contributed by atoms with Crippen LogP contribution in [0.3, 0.4) is 0 Å². The van der Waals surface area contributed by atoms with E-state index < -0.39 is 0 Å². The maximum absolute atomic E-state index is 14.1. The predicted octanol–water partition coefficient (Wildman–Crippen LogP) is 3.78. The highest BCUT2D eigenvalue weighted by Gasteiger charge is 2.15. The van der Waals surface area contributed by atoms with Crippen LogP contribution in [0.1, 0.15) is 39.7 Å². The number of ether oxygens (including phenoxy) is 2. The first-order chi connectivity index (χ1) is 9.47. The van der Waals surface area contributed by atoms with Gasteiger partial charge < -0.3 is 14.3 Å². The van der Waals surface area contributed by atoms with Crippen molar-refractivity contribution in [3.05, 3.63) is 23.5 Å². The second-order valence-electron chi connectivity index (χ2n) is 4.97. The third kappa shape index (κ3) is 4.83. The lowest BCUT2D eigenvalue weighted by Crippen LogP contribution is -2.08. The minimum absolute atomic E-state index is 0.106. The lowest BCUT2D eigenvalue weighted by Gasteiger charge is -2.15. The maximum atomic E-state index is 14.1. The van der Waals surface area contributed by atoms with E-state index in [9.17, 15) is 9.18 Å². The van der Waals surface area contributed by atoms with E-state index in [-0.39, 0.29) is 17.5 Å². The Labute approximate surface area is 120 Å². The number of Topliss-reactive ketones (excluding diaryl/α,β-unsaturated/α-hetero) is 1. The molecule has 1 aromatic carbocycles. The van der Waals surface area contributed by atoms with Crippen LogP contribution >= 0.6 is 0 Å². The highest BCUT2D eigenvalue weighted by molar-refractivity contribution is 5.75. The number of rotatable bonds is 8. The molecule has 4 heteroatoms. The van der Waals surface area contributed by atoms with Gasteiger partial charge in [-0.1, -0.05) is 6.92 Å². The van der Waals surface area contributed by atoms with Gasteiger partial charge in [0.2, 0.25) is 0 Å². The summed E-state index contributed by atoms with van der Waals surface area (Å²) in [4.78, 5) is 11.1. The molecule has 0 N–H and O–H groups in total. The van der Waals surface area contributed by atoms with Gasteiger partial charge in [0.05, 0.1) is 13.2 Å². The standard InChI is InChI=1S/C16H23FO3/c1-5-19-15-9-13(8-11(3)7-12(4)18)14(17)10-16(15)20-6-2/h9-11H,5-8H2,1-4H3. The first kappa shape index (κ1) is 16.5. The van der Waals surface area contributed by atoms with Crippen LogP contribution in [-0.2, 0) is 11.2 Å². The summed E-state index contributed by atoms with van der Waals surface area (Å²) < 4.78 is 24.9. The summed E-state index contributed by atoms with van der Waals surface area (Å²) >= 11 is 0. The van der Waals surface area contributed by atoms with Crippen molar-refractivity contribution in [1.29, 1.82) is 0 Å². The van der Waals surface area contributed by atoms with Gasteiger partial charge in [0.1, 0.15) is 11.6 Å². The smallest absolute Gasteiger partial charge is 0.164 e. The van der Waals surface area contributed by atoms with E-state index in [1.807, 2.05) is 20.8 Å². The summed E-state index contributed by atoms with van der Waals surface area (Å²) in [7, 11) is 0. The fourth-order valence-electron chi connectivity index (χ4n) is 2.21. The molecule has 0 aromatic heterocycles. The molecule has 0 fully saturated rings. The summed E-state index contributed by atoms with van der Waals surface area (Å²) in [5.74, 6) is 0.895. The predicted molar refractivity (Wildman–Crippen MR) is 76.9 cm³/mol. The second-order valence-corrected chi connectivity index (χ2v) is 4.97. The Morgan fingerprint density at radius 2 is 1.75 bits per heavy atom. The van der Waals surface area contributed by atoms with Gasteiger partial charge in [-0.2, -0.15) is 0 Å². The highest BCUT2D eigenvalue weighted by Crippen LogP contribution is 2.32. The van der Waals surface area contributed by atoms with Crippen molar-refractivity contribution in [2.24, 2.45) is 5.92 Å². The average molecular weight is 282 g/mol. The topological polar surface area (TPSA) is 35.5 Å². The largest absolute Gasteiger partial charge is 0.490 e. The van der Waals surface area contributed by atoms with E-state index >= 15 is 0 Å². The molecule has 0 amide bonds. The van der Waals surface area contributed by atoms with Crippen molar-refractivity contribution in [2.45, 2.75) is 40.5 Å². The van der Waals surface area contributed by atoms with Crippen LogP contribution in [0.5, 0.6) is 11.5 Å². The molecule has 1 rings (SSSR count). The van der Waals surface area contributed by atoms with E-state index in [0.29, 0.717) is 43.1 Å². The molecule has 0 aliphatic rings. The minimum Gasteiger partial charge on any atom is -0.490 e. The van der Waals surface area contributed by atoms with Gasteiger partial charge >= 0.3 is 0 Å². The zero-order chi connectivity index (χ0) is 15.1. The molecule has 112 valence electrons. The first-order valence-electron chi connectivity index (χ1n) is 7.05. The third-order valence-electron chi connectivity index (χ3n) is 2.92. The van der Waals surface area contributed by atoms with Crippen molar-refractivity contribution < 1.29 is 18.7 Å². The van der Waals surface area contributed by atoms with Crippen molar-refractivity contribution >= 4 is 5.78 Å². The number of hydrogen-bond donors (Lipinski definition) is 0. The molecule has 0 aliphatic carbocycles. The number of benzene rings is 1. The summed E-state index contributed by atoms with van der Waals surface area (Å²) in [5.41, 5.74) is 0.561. The Kier molecular flexibility index (Phi) is 6.49. The van der Waals surface area contributed by atoms with Gasteiger partial charge in [0, 0.05) is 12.5 Å². The van der Waals surface area contributed by atoms with Gasteiger partial charge in [-0.15, -0.1) is 0 Å². The van der Waals surface area contributed by atoms with Gasteiger partial charge in [0.15, 0.2) is 11.5 Å². The number of carbonyl (C=O) groups excluding carboxylic acids is 1. The van der Waals surface area contributed by atoms with Crippen molar-refractivity contribution in [3.8, 4) is 11.5 Å². The first-order valence-corrected chi connectivity index (χ1v) is 7.05. The van der Waals surface area contributed by atoms with Crippen molar-refractivity contribution in [2.75, 3.05) is 13.2 Å². The van der Waals surface area contributed by atoms with E-state index in [4.69, 9.17) is 9.47 Å². The molecule has 0 heterocycles. The molecule has 3 nitrogen and oxygen atoms in total. The normalized spacial score (nSPS) is 12.1. The summed E-state index contributed by atoms with van der Waals surface area (Å²) in [6.07, 6.45) is 0.967. The molecule has 0 bridgehead atoms. The molecule has 1 unspecified atom stereocenters. The van der Waals surface area contributed by atoms with E-state index in [2.05, 4.69) is 0 Å². The number of ketones is 1. The van der Waals surface area contributed by atoms with E-state index in [0.717, 1.165) is 0 Å². The lowest BCUT2D eigenvalue weighted by molar-refractivity contribution is -0.117. The van der Waals surface area contributed by atoms with Crippen LogP contribution in [0.25, 0.3) is 0 Å².